The summed E-state index contributed by atoms with van der Waals surface area (Å²) in [4.78, 5) is 13.5. The molecule has 1 atom stereocenters. The number of likely N-dealkylation sites (N-methyl/N-ethyl adjacent to an activating group) is 1. The highest BCUT2D eigenvalue weighted by molar-refractivity contribution is 6.33. The minimum atomic E-state index is -0.627. The Morgan fingerprint density at radius 3 is 2.89 bits per heavy atom. The molecule has 1 heterocycles. The van der Waals surface area contributed by atoms with Crippen LogP contribution >= 0.6 is 11.6 Å². The number of nitrogens with one attached hydrogen (secondary N) is 1. The van der Waals surface area contributed by atoms with E-state index in [2.05, 4.69) is 11.9 Å². The van der Waals surface area contributed by atoms with Gasteiger partial charge in [0.15, 0.2) is 0 Å². The van der Waals surface area contributed by atoms with Gasteiger partial charge in [-0.2, -0.15) is 0 Å². The Labute approximate surface area is 111 Å². The van der Waals surface area contributed by atoms with Gasteiger partial charge in [0, 0.05) is 24.8 Å². The summed E-state index contributed by atoms with van der Waals surface area (Å²) in [6.07, 6.45) is 0. The van der Waals surface area contributed by atoms with Crippen LogP contribution in [0.25, 0.3) is 0 Å². The van der Waals surface area contributed by atoms with Crippen LogP contribution in [0.3, 0.4) is 0 Å². The van der Waals surface area contributed by atoms with E-state index in [1.807, 2.05) is 24.9 Å². The van der Waals surface area contributed by atoms with E-state index >= 15 is 0 Å². The zero-order valence-corrected chi connectivity index (χ0v) is 11.2. The summed E-state index contributed by atoms with van der Waals surface area (Å²) in [7, 11) is 1.93. The molecule has 0 aromatic heterocycles. The first kappa shape index (κ1) is 12.9. The van der Waals surface area contributed by atoms with Crippen LogP contribution in [-0.2, 0) is 4.79 Å². The Balaban J connectivity index is 2.38. The normalized spacial score (nSPS) is 17.3. The Bertz CT molecular complexity index is 527. The van der Waals surface area contributed by atoms with E-state index in [0.717, 1.165) is 22.5 Å². The predicted molar refractivity (Wildman–Crippen MR) is 75.1 cm³/mol. The van der Waals surface area contributed by atoms with Gasteiger partial charge in [0.25, 0.3) is 0 Å². The number of hydrogen-bond donors (Lipinski definition) is 2. The van der Waals surface area contributed by atoms with Crippen molar-refractivity contribution in [1.29, 1.82) is 0 Å². The largest absolute Gasteiger partial charge is 0.369 e. The first-order chi connectivity index (χ1) is 8.40. The molecule has 1 aromatic rings. The molecule has 1 aromatic carbocycles. The third-order valence-corrected chi connectivity index (χ3v) is 3.22. The van der Waals surface area contributed by atoms with Crippen LogP contribution in [0.4, 0.5) is 11.4 Å². The van der Waals surface area contributed by atoms with Crippen LogP contribution < -0.4 is 16.0 Å². The molecular formula is C13H16ClN3O. The molecule has 0 aliphatic carbocycles. The van der Waals surface area contributed by atoms with Gasteiger partial charge in [0.1, 0.15) is 6.04 Å². The smallest absolute Gasteiger partial charge is 0.245 e. The van der Waals surface area contributed by atoms with Gasteiger partial charge >= 0.3 is 0 Å². The monoisotopic (exact) mass is 265 g/mol. The van der Waals surface area contributed by atoms with E-state index in [4.69, 9.17) is 17.3 Å². The number of anilines is 2. The zero-order valence-electron chi connectivity index (χ0n) is 10.5. The second-order valence-electron chi connectivity index (χ2n) is 4.67. The van der Waals surface area contributed by atoms with E-state index in [1.54, 1.807) is 6.07 Å². The molecular weight excluding hydrogens is 250 g/mol. The van der Waals surface area contributed by atoms with Crippen molar-refractivity contribution in [2.75, 3.05) is 23.8 Å². The first-order valence-electron chi connectivity index (χ1n) is 5.65. The number of carbonyl (C=O) groups is 1. The number of nitrogens with zero attached hydrogens (tertiary/aromatic N) is 1. The standard InChI is InChI=1S/C13H16ClN3O/c1-7(2)6-17(3)11-5-10-8(4-9(11)14)12(15)13(18)16-10/h4-5,12H,1,6,15H2,2-3H3,(H,16,18). The molecule has 1 aliphatic heterocycles. The Morgan fingerprint density at radius 1 is 1.61 bits per heavy atom. The fraction of sp³-hybridized carbons (Fsp3) is 0.308. The maximum Gasteiger partial charge on any atom is 0.245 e. The maximum atomic E-state index is 11.5. The summed E-state index contributed by atoms with van der Waals surface area (Å²) in [6, 6.07) is 2.98. The molecule has 2 rings (SSSR count). The molecule has 5 heteroatoms. The lowest BCUT2D eigenvalue weighted by Crippen LogP contribution is -2.19. The van der Waals surface area contributed by atoms with Crippen molar-refractivity contribution in [2.45, 2.75) is 13.0 Å². The van der Waals surface area contributed by atoms with Gasteiger partial charge < -0.3 is 16.0 Å². The second-order valence-corrected chi connectivity index (χ2v) is 5.08. The van der Waals surface area contributed by atoms with Crippen LogP contribution in [0.1, 0.15) is 18.5 Å². The lowest BCUT2D eigenvalue weighted by molar-refractivity contribution is -0.116. The number of nitrogens with two attached hydrogens (primary N) is 1. The Kier molecular flexibility index (Phi) is 3.32. The van der Waals surface area contributed by atoms with Crippen molar-refractivity contribution >= 4 is 28.9 Å². The average Bonchev–Trinajstić information content (AvgIpc) is 2.53. The number of hydrogen-bond acceptors (Lipinski definition) is 3. The third-order valence-electron chi connectivity index (χ3n) is 2.91. The second kappa shape index (κ2) is 4.63. The summed E-state index contributed by atoms with van der Waals surface area (Å²) in [5.74, 6) is -0.194. The molecule has 0 bridgehead atoms. The van der Waals surface area contributed by atoms with E-state index in [9.17, 15) is 4.79 Å². The molecule has 0 saturated heterocycles. The summed E-state index contributed by atoms with van der Waals surface area (Å²) >= 11 is 6.23. The molecule has 0 saturated carbocycles. The molecule has 1 unspecified atom stereocenters. The molecule has 1 amide bonds. The van der Waals surface area contributed by atoms with Gasteiger partial charge in [0.2, 0.25) is 5.91 Å². The molecule has 0 spiro atoms. The highest BCUT2D eigenvalue weighted by Crippen LogP contribution is 2.37. The average molecular weight is 266 g/mol. The zero-order chi connectivity index (χ0) is 13.4. The van der Waals surface area contributed by atoms with Gasteiger partial charge in [-0.3, -0.25) is 4.79 Å². The van der Waals surface area contributed by atoms with Gasteiger partial charge in [-0.25, -0.2) is 0 Å². The van der Waals surface area contributed by atoms with Gasteiger partial charge in [-0.1, -0.05) is 23.8 Å². The molecule has 18 heavy (non-hydrogen) atoms. The fourth-order valence-electron chi connectivity index (χ4n) is 2.08. The van der Waals surface area contributed by atoms with Crippen LogP contribution in [0.15, 0.2) is 24.3 Å². The summed E-state index contributed by atoms with van der Waals surface area (Å²) in [6.45, 7) is 6.53. The minimum absolute atomic E-state index is 0.194. The number of rotatable bonds is 3. The molecule has 3 N–H and O–H groups in total. The van der Waals surface area contributed by atoms with Crippen molar-refractivity contribution in [3.8, 4) is 0 Å². The van der Waals surface area contributed by atoms with Gasteiger partial charge in [-0.05, 0) is 19.1 Å². The predicted octanol–water partition coefficient (Wildman–Crippen LogP) is 2.30. The van der Waals surface area contributed by atoms with Crippen molar-refractivity contribution in [2.24, 2.45) is 5.73 Å². The van der Waals surface area contributed by atoms with Crippen molar-refractivity contribution in [3.05, 3.63) is 34.9 Å². The number of carbonyl (C=O) groups excluding carboxylic acids is 1. The fourth-order valence-corrected chi connectivity index (χ4v) is 2.39. The van der Waals surface area contributed by atoms with E-state index in [1.165, 1.54) is 0 Å². The van der Waals surface area contributed by atoms with Crippen LogP contribution in [0, 0.1) is 0 Å². The third kappa shape index (κ3) is 2.21. The topological polar surface area (TPSA) is 58.4 Å². The molecule has 0 radical (unpaired) electrons. The Hall–Kier alpha value is -1.52. The van der Waals surface area contributed by atoms with Gasteiger partial charge in [-0.15, -0.1) is 0 Å². The highest BCUT2D eigenvalue weighted by Gasteiger charge is 2.28. The van der Waals surface area contributed by atoms with E-state index < -0.39 is 6.04 Å². The molecule has 1 aliphatic rings. The summed E-state index contributed by atoms with van der Waals surface area (Å²) < 4.78 is 0. The number of halogens is 1. The molecule has 0 fully saturated rings. The number of fused-ring (bicyclic) bond motifs is 1. The lowest BCUT2D eigenvalue weighted by atomic mass is 10.1. The quantitative estimate of drug-likeness (QED) is 0.825. The molecule has 96 valence electrons. The maximum absolute atomic E-state index is 11.5. The Morgan fingerprint density at radius 2 is 2.28 bits per heavy atom. The van der Waals surface area contributed by atoms with Gasteiger partial charge in [0.05, 0.1) is 10.7 Å². The minimum Gasteiger partial charge on any atom is -0.369 e. The first-order valence-corrected chi connectivity index (χ1v) is 6.03. The number of amides is 1. The van der Waals surface area contributed by atoms with Crippen LogP contribution in [0.2, 0.25) is 5.02 Å². The molecule has 4 nitrogen and oxygen atoms in total. The van der Waals surface area contributed by atoms with Crippen molar-refractivity contribution < 1.29 is 4.79 Å². The van der Waals surface area contributed by atoms with Crippen molar-refractivity contribution in [1.82, 2.24) is 0 Å². The van der Waals surface area contributed by atoms with E-state index in [-0.39, 0.29) is 5.91 Å². The summed E-state index contributed by atoms with van der Waals surface area (Å²) in [5, 5.41) is 3.34. The van der Waals surface area contributed by atoms with Crippen molar-refractivity contribution in [3.63, 3.8) is 0 Å². The lowest BCUT2D eigenvalue weighted by Gasteiger charge is -2.21. The number of benzene rings is 1. The SMILES string of the molecule is C=C(C)CN(C)c1cc2c(cc1Cl)C(N)C(=O)N2. The van der Waals surface area contributed by atoms with E-state index in [0.29, 0.717) is 11.6 Å². The van der Waals surface area contributed by atoms with Crippen LogP contribution in [-0.4, -0.2) is 19.5 Å². The summed E-state index contributed by atoms with van der Waals surface area (Å²) in [5.41, 5.74) is 9.14. The van der Waals surface area contributed by atoms with Crippen LogP contribution in [0.5, 0.6) is 0 Å². The highest BCUT2D eigenvalue weighted by atomic mass is 35.5.